The molecule has 2 fully saturated rings. The molecule has 1 unspecified atom stereocenters. The first-order chi connectivity index (χ1) is 15.7. The van der Waals surface area contributed by atoms with Gasteiger partial charge in [0.2, 0.25) is 5.91 Å². The van der Waals surface area contributed by atoms with E-state index in [0.29, 0.717) is 17.8 Å². The topological polar surface area (TPSA) is 70.7 Å². The highest BCUT2D eigenvalue weighted by Crippen LogP contribution is 2.27. The van der Waals surface area contributed by atoms with Gasteiger partial charge < -0.3 is 20.3 Å². The number of hydrogen-bond acceptors (Lipinski definition) is 4. The summed E-state index contributed by atoms with van der Waals surface area (Å²) in [6.45, 7) is 3.15. The SMILES string of the molecule is O=C(C=Cc1ccccc1)Nc1ccc(N2CCCCC2)c(C(=O)NCC2CCCO2)c1. The molecule has 0 spiro atoms. The third-order valence-corrected chi connectivity index (χ3v) is 5.95. The van der Waals surface area contributed by atoms with Crippen LogP contribution in [0.5, 0.6) is 0 Å². The predicted molar refractivity (Wildman–Crippen MR) is 128 cm³/mol. The minimum atomic E-state index is -0.231. The van der Waals surface area contributed by atoms with E-state index in [1.807, 2.05) is 42.5 Å². The zero-order chi connectivity index (χ0) is 22.2. The average Bonchev–Trinajstić information content (AvgIpc) is 3.36. The molecule has 2 aliphatic rings. The average molecular weight is 434 g/mol. The number of nitrogens with zero attached hydrogens (tertiary/aromatic N) is 1. The fraction of sp³-hybridized carbons (Fsp3) is 0.385. The van der Waals surface area contributed by atoms with Crippen molar-refractivity contribution in [1.29, 1.82) is 0 Å². The first-order valence-corrected chi connectivity index (χ1v) is 11.5. The Morgan fingerprint density at radius 1 is 1.03 bits per heavy atom. The highest BCUT2D eigenvalue weighted by Gasteiger charge is 2.21. The Labute approximate surface area is 189 Å². The van der Waals surface area contributed by atoms with Gasteiger partial charge in [-0.2, -0.15) is 0 Å². The quantitative estimate of drug-likeness (QED) is 0.641. The maximum Gasteiger partial charge on any atom is 0.253 e. The van der Waals surface area contributed by atoms with Gasteiger partial charge in [0.05, 0.1) is 11.7 Å². The molecular weight excluding hydrogens is 402 g/mol. The second-order valence-electron chi connectivity index (χ2n) is 8.36. The van der Waals surface area contributed by atoms with Gasteiger partial charge in [0.1, 0.15) is 0 Å². The molecule has 2 aliphatic heterocycles. The van der Waals surface area contributed by atoms with Crippen molar-refractivity contribution < 1.29 is 14.3 Å². The van der Waals surface area contributed by atoms with Crippen molar-refractivity contribution in [2.75, 3.05) is 36.5 Å². The van der Waals surface area contributed by atoms with Crippen molar-refractivity contribution in [1.82, 2.24) is 5.32 Å². The van der Waals surface area contributed by atoms with Gasteiger partial charge in [0, 0.05) is 43.7 Å². The van der Waals surface area contributed by atoms with Gasteiger partial charge in [0.25, 0.3) is 5.91 Å². The predicted octanol–water partition coefficient (Wildman–Crippen LogP) is 4.24. The molecule has 4 rings (SSSR count). The largest absolute Gasteiger partial charge is 0.376 e. The molecule has 2 N–H and O–H groups in total. The molecule has 1 atom stereocenters. The molecule has 32 heavy (non-hydrogen) atoms. The fourth-order valence-corrected chi connectivity index (χ4v) is 4.23. The Hall–Kier alpha value is -3.12. The standard InChI is InChI=1S/C26H31N3O3/c30-25(14-11-20-8-3-1-4-9-20)28-21-12-13-24(29-15-5-2-6-16-29)23(18-21)26(31)27-19-22-10-7-17-32-22/h1,3-4,8-9,11-14,18,22H,2,5-7,10,15-17,19H2,(H,27,31)(H,28,30). The number of carbonyl (C=O) groups is 2. The molecule has 2 aromatic carbocycles. The van der Waals surface area contributed by atoms with Crippen molar-refractivity contribution in [3.8, 4) is 0 Å². The first kappa shape index (κ1) is 22.1. The first-order valence-electron chi connectivity index (χ1n) is 11.5. The van der Waals surface area contributed by atoms with Gasteiger partial charge >= 0.3 is 0 Å². The van der Waals surface area contributed by atoms with Crippen LogP contribution in [0.15, 0.2) is 54.6 Å². The molecule has 2 aromatic rings. The van der Waals surface area contributed by atoms with E-state index >= 15 is 0 Å². The Bertz CT molecular complexity index is 946. The summed E-state index contributed by atoms with van der Waals surface area (Å²) in [6.07, 6.45) is 8.85. The Balaban J connectivity index is 1.48. The summed E-state index contributed by atoms with van der Waals surface area (Å²) in [5, 5.41) is 5.92. The molecular formula is C26H31N3O3. The van der Waals surface area contributed by atoms with Gasteiger partial charge in [-0.3, -0.25) is 9.59 Å². The number of ether oxygens (including phenoxy) is 1. The van der Waals surface area contributed by atoms with E-state index in [0.717, 1.165) is 56.6 Å². The van der Waals surface area contributed by atoms with Crippen molar-refractivity contribution in [3.05, 3.63) is 65.7 Å². The highest BCUT2D eigenvalue weighted by molar-refractivity contribution is 6.05. The van der Waals surface area contributed by atoms with Crippen LogP contribution in [0.2, 0.25) is 0 Å². The van der Waals surface area contributed by atoms with Gasteiger partial charge in [-0.05, 0) is 61.9 Å². The maximum absolute atomic E-state index is 13.1. The van der Waals surface area contributed by atoms with Crippen LogP contribution < -0.4 is 15.5 Å². The third-order valence-electron chi connectivity index (χ3n) is 5.95. The van der Waals surface area contributed by atoms with Crippen LogP contribution in [-0.2, 0) is 9.53 Å². The number of nitrogens with one attached hydrogen (secondary N) is 2. The molecule has 2 saturated heterocycles. The number of hydrogen-bond donors (Lipinski definition) is 2. The minimum absolute atomic E-state index is 0.0865. The number of anilines is 2. The summed E-state index contributed by atoms with van der Waals surface area (Å²) in [6, 6.07) is 15.3. The molecule has 6 nitrogen and oxygen atoms in total. The van der Waals surface area contributed by atoms with Crippen LogP contribution >= 0.6 is 0 Å². The molecule has 168 valence electrons. The van der Waals surface area contributed by atoms with Crippen LogP contribution in [0.25, 0.3) is 6.08 Å². The minimum Gasteiger partial charge on any atom is -0.376 e. The van der Waals surface area contributed by atoms with Crippen LogP contribution in [0.4, 0.5) is 11.4 Å². The number of benzene rings is 2. The summed E-state index contributed by atoms with van der Waals surface area (Å²) >= 11 is 0. The van der Waals surface area contributed by atoms with Crippen LogP contribution in [0.3, 0.4) is 0 Å². The summed E-state index contributed by atoms with van der Waals surface area (Å²) < 4.78 is 5.64. The van der Waals surface area contributed by atoms with E-state index in [1.165, 1.54) is 12.5 Å². The van der Waals surface area contributed by atoms with Gasteiger partial charge in [0.15, 0.2) is 0 Å². The Morgan fingerprint density at radius 2 is 1.84 bits per heavy atom. The van der Waals surface area contributed by atoms with Gasteiger partial charge in [-0.1, -0.05) is 30.3 Å². The Morgan fingerprint density at radius 3 is 2.59 bits per heavy atom. The van der Waals surface area contributed by atoms with Crippen molar-refractivity contribution in [2.45, 2.75) is 38.2 Å². The van der Waals surface area contributed by atoms with E-state index in [9.17, 15) is 9.59 Å². The summed E-state index contributed by atoms with van der Waals surface area (Å²) in [5.41, 5.74) is 3.08. The number of amides is 2. The molecule has 2 amide bonds. The van der Waals surface area contributed by atoms with Crippen molar-refractivity contribution >= 4 is 29.3 Å². The number of rotatable bonds is 7. The lowest BCUT2D eigenvalue weighted by molar-refractivity contribution is -0.111. The van der Waals surface area contributed by atoms with Crippen molar-refractivity contribution in [2.24, 2.45) is 0 Å². The smallest absolute Gasteiger partial charge is 0.253 e. The molecule has 6 heteroatoms. The lowest BCUT2D eigenvalue weighted by Gasteiger charge is -2.30. The van der Waals surface area contributed by atoms with E-state index in [-0.39, 0.29) is 17.9 Å². The lowest BCUT2D eigenvalue weighted by atomic mass is 10.1. The molecule has 0 radical (unpaired) electrons. The van der Waals surface area contributed by atoms with E-state index in [2.05, 4.69) is 15.5 Å². The zero-order valence-corrected chi connectivity index (χ0v) is 18.4. The second-order valence-corrected chi connectivity index (χ2v) is 8.36. The number of piperidine rings is 1. The third kappa shape index (κ3) is 5.98. The number of carbonyl (C=O) groups excluding carboxylic acids is 2. The van der Waals surface area contributed by atoms with E-state index < -0.39 is 0 Å². The summed E-state index contributed by atoms with van der Waals surface area (Å²) in [4.78, 5) is 27.8. The molecule has 0 aromatic heterocycles. The summed E-state index contributed by atoms with van der Waals surface area (Å²) in [5.74, 6) is -0.359. The maximum atomic E-state index is 13.1. The molecule has 2 heterocycles. The normalized spacial score (nSPS) is 18.6. The molecule has 0 saturated carbocycles. The lowest BCUT2D eigenvalue weighted by Crippen LogP contribution is -2.35. The van der Waals surface area contributed by atoms with Crippen LogP contribution in [-0.4, -0.2) is 44.2 Å². The van der Waals surface area contributed by atoms with Crippen molar-refractivity contribution in [3.63, 3.8) is 0 Å². The molecule has 0 aliphatic carbocycles. The van der Waals surface area contributed by atoms with Crippen LogP contribution in [0, 0.1) is 0 Å². The fourth-order valence-electron chi connectivity index (χ4n) is 4.23. The van der Waals surface area contributed by atoms with Gasteiger partial charge in [-0.15, -0.1) is 0 Å². The van der Waals surface area contributed by atoms with E-state index in [4.69, 9.17) is 4.74 Å². The second kappa shape index (κ2) is 11.0. The van der Waals surface area contributed by atoms with Crippen LogP contribution in [0.1, 0.15) is 48.0 Å². The Kier molecular flexibility index (Phi) is 7.56. The zero-order valence-electron chi connectivity index (χ0n) is 18.4. The summed E-state index contributed by atoms with van der Waals surface area (Å²) in [7, 11) is 0. The highest BCUT2D eigenvalue weighted by atomic mass is 16.5. The van der Waals surface area contributed by atoms with Gasteiger partial charge in [-0.25, -0.2) is 0 Å². The van der Waals surface area contributed by atoms with E-state index in [1.54, 1.807) is 12.1 Å². The molecule has 0 bridgehead atoms. The monoisotopic (exact) mass is 433 g/mol.